The van der Waals surface area contributed by atoms with Crippen molar-refractivity contribution in [1.29, 1.82) is 0 Å². The molecule has 1 heterocycles. The Labute approximate surface area is 112 Å². The van der Waals surface area contributed by atoms with Gasteiger partial charge in [0.15, 0.2) is 6.61 Å². The maximum atomic E-state index is 11.9. The SMILES string of the molecule is CC(=O)Nc1ccc2c(c1)OCC(=O)N2CC(C)C. The van der Waals surface area contributed by atoms with E-state index >= 15 is 0 Å². The Bertz CT molecular complexity index is 511. The Hall–Kier alpha value is -2.04. The number of carbonyl (C=O) groups excluding carboxylic acids is 2. The van der Waals surface area contributed by atoms with E-state index in [1.165, 1.54) is 6.92 Å². The van der Waals surface area contributed by atoms with Gasteiger partial charge in [0.1, 0.15) is 5.75 Å². The number of fused-ring (bicyclic) bond motifs is 1. The maximum Gasteiger partial charge on any atom is 0.265 e. The van der Waals surface area contributed by atoms with Crippen molar-refractivity contribution < 1.29 is 14.3 Å². The molecular formula is C14H18N2O3. The molecule has 1 aromatic rings. The molecule has 19 heavy (non-hydrogen) atoms. The summed E-state index contributed by atoms with van der Waals surface area (Å²) in [6.07, 6.45) is 0. The second kappa shape index (κ2) is 5.30. The summed E-state index contributed by atoms with van der Waals surface area (Å²) in [7, 11) is 0. The first kappa shape index (κ1) is 13.4. The summed E-state index contributed by atoms with van der Waals surface area (Å²) in [6, 6.07) is 5.33. The van der Waals surface area contributed by atoms with Gasteiger partial charge in [-0.1, -0.05) is 13.8 Å². The van der Waals surface area contributed by atoms with Crippen molar-refractivity contribution in [2.75, 3.05) is 23.4 Å². The minimum atomic E-state index is -0.133. The molecule has 5 nitrogen and oxygen atoms in total. The van der Waals surface area contributed by atoms with Gasteiger partial charge in [0, 0.05) is 25.2 Å². The van der Waals surface area contributed by atoms with Gasteiger partial charge in [0.25, 0.3) is 5.91 Å². The third-order valence-electron chi connectivity index (χ3n) is 2.77. The topological polar surface area (TPSA) is 58.6 Å². The number of rotatable bonds is 3. The van der Waals surface area contributed by atoms with E-state index in [1.54, 1.807) is 23.1 Å². The van der Waals surface area contributed by atoms with Crippen LogP contribution in [0.4, 0.5) is 11.4 Å². The van der Waals surface area contributed by atoms with Gasteiger partial charge in [-0.25, -0.2) is 0 Å². The summed E-state index contributed by atoms with van der Waals surface area (Å²) in [4.78, 5) is 24.7. The van der Waals surface area contributed by atoms with Crippen LogP contribution in [0.25, 0.3) is 0 Å². The summed E-state index contributed by atoms with van der Waals surface area (Å²) in [5.74, 6) is 0.843. The third kappa shape index (κ3) is 3.05. The standard InChI is InChI=1S/C14H18N2O3/c1-9(2)7-16-12-5-4-11(15-10(3)17)6-13(12)19-8-14(16)18/h4-6,9H,7-8H2,1-3H3,(H,15,17). The van der Waals surface area contributed by atoms with Gasteiger partial charge in [0.2, 0.25) is 5.91 Å². The van der Waals surface area contributed by atoms with E-state index in [0.717, 1.165) is 5.69 Å². The van der Waals surface area contributed by atoms with E-state index in [1.807, 2.05) is 0 Å². The zero-order valence-corrected chi connectivity index (χ0v) is 11.4. The molecule has 0 saturated heterocycles. The molecule has 0 radical (unpaired) electrons. The molecule has 1 aliphatic rings. The fourth-order valence-electron chi connectivity index (χ4n) is 2.05. The van der Waals surface area contributed by atoms with Crippen LogP contribution < -0.4 is 15.0 Å². The summed E-state index contributed by atoms with van der Waals surface area (Å²) in [6.45, 7) is 6.29. The van der Waals surface area contributed by atoms with Gasteiger partial charge in [0.05, 0.1) is 5.69 Å². The van der Waals surface area contributed by atoms with Gasteiger partial charge in [-0.3, -0.25) is 9.59 Å². The number of carbonyl (C=O) groups is 2. The molecule has 0 aromatic heterocycles. The number of anilines is 2. The monoisotopic (exact) mass is 262 g/mol. The molecule has 0 atom stereocenters. The van der Waals surface area contributed by atoms with E-state index in [9.17, 15) is 9.59 Å². The van der Waals surface area contributed by atoms with Gasteiger partial charge in [-0.15, -0.1) is 0 Å². The largest absolute Gasteiger partial charge is 0.481 e. The van der Waals surface area contributed by atoms with Crippen LogP contribution >= 0.6 is 0 Å². The second-order valence-electron chi connectivity index (χ2n) is 5.05. The lowest BCUT2D eigenvalue weighted by atomic mass is 10.1. The molecule has 1 aliphatic heterocycles. The molecule has 0 unspecified atom stereocenters. The van der Waals surface area contributed by atoms with Crippen molar-refractivity contribution in [1.82, 2.24) is 0 Å². The fourth-order valence-corrected chi connectivity index (χ4v) is 2.05. The highest BCUT2D eigenvalue weighted by molar-refractivity contribution is 5.98. The minimum absolute atomic E-state index is 0.0338. The van der Waals surface area contributed by atoms with Gasteiger partial charge >= 0.3 is 0 Å². The van der Waals surface area contributed by atoms with E-state index in [2.05, 4.69) is 19.2 Å². The van der Waals surface area contributed by atoms with Crippen LogP contribution in [0.15, 0.2) is 18.2 Å². The van der Waals surface area contributed by atoms with Crippen molar-refractivity contribution in [2.45, 2.75) is 20.8 Å². The second-order valence-corrected chi connectivity index (χ2v) is 5.05. The molecule has 2 rings (SSSR count). The summed E-state index contributed by atoms with van der Waals surface area (Å²) >= 11 is 0. The van der Waals surface area contributed by atoms with Crippen LogP contribution in [-0.4, -0.2) is 25.0 Å². The number of hydrogen-bond acceptors (Lipinski definition) is 3. The smallest absolute Gasteiger partial charge is 0.265 e. The highest BCUT2D eigenvalue weighted by Crippen LogP contribution is 2.34. The number of benzene rings is 1. The first-order valence-corrected chi connectivity index (χ1v) is 6.32. The van der Waals surface area contributed by atoms with Crippen molar-refractivity contribution in [3.05, 3.63) is 18.2 Å². The first-order valence-electron chi connectivity index (χ1n) is 6.32. The number of nitrogens with one attached hydrogen (secondary N) is 1. The van der Waals surface area contributed by atoms with Crippen LogP contribution in [0.5, 0.6) is 5.75 Å². The predicted octanol–water partition coefficient (Wildman–Crippen LogP) is 2.03. The van der Waals surface area contributed by atoms with Crippen LogP contribution in [0.1, 0.15) is 20.8 Å². The molecule has 0 saturated carbocycles. The summed E-state index contributed by atoms with van der Waals surface area (Å²) in [5, 5.41) is 2.70. The van der Waals surface area contributed by atoms with Crippen LogP contribution in [-0.2, 0) is 9.59 Å². The normalized spacial score (nSPS) is 14.1. The molecule has 1 aromatic carbocycles. The van der Waals surface area contributed by atoms with Crippen molar-refractivity contribution >= 4 is 23.2 Å². The highest BCUT2D eigenvalue weighted by Gasteiger charge is 2.26. The molecule has 5 heteroatoms. The quantitative estimate of drug-likeness (QED) is 0.906. The van der Waals surface area contributed by atoms with Gasteiger partial charge < -0.3 is 15.0 Å². The average molecular weight is 262 g/mol. The highest BCUT2D eigenvalue weighted by atomic mass is 16.5. The number of hydrogen-bond donors (Lipinski definition) is 1. The Morgan fingerprint density at radius 3 is 2.84 bits per heavy atom. The van der Waals surface area contributed by atoms with Gasteiger partial charge in [-0.05, 0) is 18.1 Å². The fraction of sp³-hybridized carbons (Fsp3) is 0.429. The molecule has 0 bridgehead atoms. The molecule has 1 N–H and O–H groups in total. The summed E-state index contributed by atoms with van der Waals surface area (Å²) < 4.78 is 5.43. The Morgan fingerprint density at radius 2 is 2.21 bits per heavy atom. The molecule has 102 valence electrons. The average Bonchev–Trinajstić information content (AvgIpc) is 2.31. The van der Waals surface area contributed by atoms with E-state index in [4.69, 9.17) is 4.74 Å². The third-order valence-corrected chi connectivity index (χ3v) is 2.77. The number of ether oxygens (including phenoxy) is 1. The van der Waals surface area contributed by atoms with Crippen molar-refractivity contribution in [3.8, 4) is 5.75 Å². The van der Waals surface area contributed by atoms with E-state index in [-0.39, 0.29) is 18.4 Å². The Kier molecular flexibility index (Phi) is 3.74. The first-order chi connectivity index (χ1) is 8.97. The Balaban J connectivity index is 2.30. The van der Waals surface area contributed by atoms with Crippen LogP contribution in [0.2, 0.25) is 0 Å². The zero-order valence-electron chi connectivity index (χ0n) is 11.4. The van der Waals surface area contributed by atoms with Gasteiger partial charge in [-0.2, -0.15) is 0 Å². The van der Waals surface area contributed by atoms with Crippen molar-refractivity contribution in [3.63, 3.8) is 0 Å². The summed E-state index contributed by atoms with van der Waals surface area (Å²) in [5.41, 5.74) is 1.43. The van der Waals surface area contributed by atoms with E-state index < -0.39 is 0 Å². The van der Waals surface area contributed by atoms with Crippen LogP contribution in [0, 0.1) is 5.92 Å². The number of nitrogens with zero attached hydrogens (tertiary/aromatic N) is 1. The molecule has 0 aliphatic carbocycles. The predicted molar refractivity (Wildman–Crippen MR) is 73.4 cm³/mol. The Morgan fingerprint density at radius 1 is 1.47 bits per heavy atom. The molecule has 2 amide bonds. The molecule has 0 spiro atoms. The number of amides is 2. The van der Waals surface area contributed by atoms with E-state index in [0.29, 0.717) is 23.9 Å². The zero-order chi connectivity index (χ0) is 14.0. The van der Waals surface area contributed by atoms with Crippen LogP contribution in [0.3, 0.4) is 0 Å². The lowest BCUT2D eigenvalue weighted by Gasteiger charge is -2.30. The molecular weight excluding hydrogens is 244 g/mol. The minimum Gasteiger partial charge on any atom is -0.481 e. The molecule has 0 fully saturated rings. The maximum absolute atomic E-state index is 11.9. The lowest BCUT2D eigenvalue weighted by molar-refractivity contribution is -0.121. The lowest BCUT2D eigenvalue weighted by Crippen LogP contribution is -2.40. The van der Waals surface area contributed by atoms with Crippen molar-refractivity contribution in [2.24, 2.45) is 5.92 Å².